The average Bonchev–Trinajstić information content (AvgIpc) is 2.50. The molecule has 22 heavy (non-hydrogen) atoms. The second-order valence-corrected chi connectivity index (χ2v) is 5.91. The summed E-state index contributed by atoms with van der Waals surface area (Å²) in [6, 6.07) is 11.1. The van der Waals surface area contributed by atoms with Gasteiger partial charge in [0, 0.05) is 17.5 Å². The standard InChI is InChI=1S/C19H13FO2/c1-19(20)15-8-6-13-12-5-3-2-4-11(12)10-16(21)18(13)14(15)7-9-17(19)22/h2-9H,10H2,1H3. The summed E-state index contributed by atoms with van der Waals surface area (Å²) in [5, 5.41) is 0. The van der Waals surface area contributed by atoms with Crippen molar-refractivity contribution in [2.75, 3.05) is 0 Å². The number of allylic oxidation sites excluding steroid dienone is 1. The maximum absolute atomic E-state index is 14.7. The number of carbonyl (C=O) groups is 2. The van der Waals surface area contributed by atoms with E-state index in [4.69, 9.17) is 0 Å². The summed E-state index contributed by atoms with van der Waals surface area (Å²) in [5.74, 6) is -0.607. The Balaban J connectivity index is 2.06. The molecule has 2 nitrogen and oxygen atoms in total. The predicted molar refractivity (Wildman–Crippen MR) is 82.4 cm³/mol. The van der Waals surface area contributed by atoms with Gasteiger partial charge in [0.1, 0.15) is 0 Å². The highest BCUT2D eigenvalue weighted by Crippen LogP contribution is 2.42. The first-order valence-corrected chi connectivity index (χ1v) is 7.20. The minimum Gasteiger partial charge on any atom is -0.294 e. The van der Waals surface area contributed by atoms with Crippen LogP contribution >= 0.6 is 0 Å². The van der Waals surface area contributed by atoms with Crippen molar-refractivity contribution >= 4 is 17.6 Å². The molecule has 1 unspecified atom stereocenters. The number of carbonyl (C=O) groups excluding carboxylic acids is 2. The molecule has 0 bridgehead atoms. The fourth-order valence-electron chi connectivity index (χ4n) is 3.37. The van der Waals surface area contributed by atoms with Crippen molar-refractivity contribution in [3.8, 4) is 11.1 Å². The summed E-state index contributed by atoms with van der Waals surface area (Å²) in [4.78, 5) is 24.4. The monoisotopic (exact) mass is 292 g/mol. The van der Waals surface area contributed by atoms with Gasteiger partial charge in [-0.25, -0.2) is 4.39 Å². The maximum atomic E-state index is 14.7. The Bertz CT molecular complexity index is 875. The molecule has 3 heteroatoms. The van der Waals surface area contributed by atoms with Crippen molar-refractivity contribution in [2.45, 2.75) is 19.0 Å². The van der Waals surface area contributed by atoms with Gasteiger partial charge in [-0.3, -0.25) is 9.59 Å². The molecule has 0 heterocycles. The third kappa shape index (κ3) is 1.59. The fraction of sp³-hybridized carbons (Fsp3) is 0.158. The van der Waals surface area contributed by atoms with Gasteiger partial charge in [-0.15, -0.1) is 0 Å². The molecule has 0 N–H and O–H groups in total. The molecule has 2 aliphatic carbocycles. The molecule has 0 aromatic heterocycles. The Morgan fingerprint density at radius 3 is 2.59 bits per heavy atom. The van der Waals surface area contributed by atoms with E-state index in [-0.39, 0.29) is 11.3 Å². The number of benzene rings is 2. The average molecular weight is 292 g/mol. The molecule has 0 aliphatic heterocycles. The van der Waals surface area contributed by atoms with Crippen molar-refractivity contribution < 1.29 is 14.0 Å². The van der Waals surface area contributed by atoms with Crippen LogP contribution in [0.5, 0.6) is 0 Å². The molecule has 0 spiro atoms. The van der Waals surface area contributed by atoms with E-state index in [9.17, 15) is 14.0 Å². The van der Waals surface area contributed by atoms with E-state index in [1.165, 1.54) is 13.0 Å². The lowest BCUT2D eigenvalue weighted by Crippen LogP contribution is -2.30. The minimum atomic E-state index is -2.07. The number of halogens is 1. The van der Waals surface area contributed by atoms with Crippen molar-refractivity contribution in [2.24, 2.45) is 0 Å². The Hall–Kier alpha value is -2.55. The van der Waals surface area contributed by atoms with Gasteiger partial charge in [0.25, 0.3) is 0 Å². The summed E-state index contributed by atoms with van der Waals surface area (Å²) in [7, 11) is 0. The van der Waals surface area contributed by atoms with Crippen LogP contribution in [-0.2, 0) is 16.9 Å². The van der Waals surface area contributed by atoms with E-state index >= 15 is 0 Å². The highest BCUT2D eigenvalue weighted by Gasteiger charge is 2.40. The summed E-state index contributed by atoms with van der Waals surface area (Å²) in [6.45, 7) is 1.26. The highest BCUT2D eigenvalue weighted by atomic mass is 19.1. The molecule has 2 aliphatic rings. The van der Waals surface area contributed by atoms with Crippen LogP contribution in [0.3, 0.4) is 0 Å². The van der Waals surface area contributed by atoms with Gasteiger partial charge in [-0.05, 0) is 35.3 Å². The number of rotatable bonds is 0. The molecule has 2 aromatic rings. The van der Waals surface area contributed by atoms with Crippen LogP contribution in [0.1, 0.15) is 34.0 Å². The molecule has 0 fully saturated rings. The summed E-state index contributed by atoms with van der Waals surface area (Å²) in [6.07, 6.45) is 3.12. The normalized spacial score (nSPS) is 22.1. The molecule has 0 amide bonds. The van der Waals surface area contributed by atoms with Crippen molar-refractivity contribution in [1.82, 2.24) is 0 Å². The van der Waals surface area contributed by atoms with Gasteiger partial charge in [0.2, 0.25) is 0 Å². The lowest BCUT2D eigenvalue weighted by molar-refractivity contribution is -0.125. The number of hydrogen-bond acceptors (Lipinski definition) is 2. The molecule has 1 atom stereocenters. The SMILES string of the molecule is CC1(F)C(=O)C=Cc2c1ccc1c2C(=O)Cc2ccccc2-1. The van der Waals surface area contributed by atoms with Gasteiger partial charge >= 0.3 is 0 Å². The van der Waals surface area contributed by atoms with E-state index in [1.54, 1.807) is 18.2 Å². The first-order valence-electron chi connectivity index (χ1n) is 7.20. The van der Waals surface area contributed by atoms with E-state index in [0.717, 1.165) is 16.7 Å². The van der Waals surface area contributed by atoms with Crippen molar-refractivity contribution in [1.29, 1.82) is 0 Å². The van der Waals surface area contributed by atoms with Gasteiger partial charge in [0.05, 0.1) is 0 Å². The Morgan fingerprint density at radius 2 is 1.77 bits per heavy atom. The van der Waals surface area contributed by atoms with Crippen LogP contribution in [0.15, 0.2) is 42.5 Å². The molecule has 108 valence electrons. The number of fused-ring (bicyclic) bond motifs is 5. The Labute approximate surface area is 127 Å². The van der Waals surface area contributed by atoms with Gasteiger partial charge in [-0.1, -0.05) is 42.5 Å². The van der Waals surface area contributed by atoms with Crippen LogP contribution in [0.4, 0.5) is 4.39 Å². The number of ketones is 2. The summed E-state index contributed by atoms with van der Waals surface area (Å²) < 4.78 is 14.7. The number of hydrogen-bond donors (Lipinski definition) is 0. The lowest BCUT2D eigenvalue weighted by atomic mass is 9.76. The first-order chi connectivity index (χ1) is 10.5. The van der Waals surface area contributed by atoms with Gasteiger partial charge in [-0.2, -0.15) is 0 Å². The van der Waals surface area contributed by atoms with E-state index in [0.29, 0.717) is 17.5 Å². The predicted octanol–water partition coefficient (Wildman–Crippen LogP) is 3.87. The van der Waals surface area contributed by atoms with Crippen LogP contribution in [0.25, 0.3) is 17.2 Å². The minimum absolute atomic E-state index is 0.0275. The fourth-order valence-corrected chi connectivity index (χ4v) is 3.37. The van der Waals surface area contributed by atoms with Gasteiger partial charge in [0.15, 0.2) is 17.2 Å². The van der Waals surface area contributed by atoms with E-state index < -0.39 is 11.5 Å². The zero-order valence-corrected chi connectivity index (χ0v) is 12.0. The van der Waals surface area contributed by atoms with Crippen molar-refractivity contribution in [3.05, 3.63) is 64.7 Å². The second-order valence-electron chi connectivity index (χ2n) is 5.91. The maximum Gasteiger partial charge on any atom is 0.197 e. The molecule has 0 saturated carbocycles. The van der Waals surface area contributed by atoms with Crippen LogP contribution in [0.2, 0.25) is 0 Å². The van der Waals surface area contributed by atoms with Crippen LogP contribution < -0.4 is 0 Å². The van der Waals surface area contributed by atoms with E-state index in [1.807, 2.05) is 24.3 Å². The lowest BCUT2D eigenvalue weighted by Gasteiger charge is -2.28. The third-order valence-electron chi connectivity index (χ3n) is 4.55. The Kier molecular flexibility index (Phi) is 2.52. The van der Waals surface area contributed by atoms with Gasteiger partial charge < -0.3 is 0 Å². The van der Waals surface area contributed by atoms with Crippen LogP contribution in [0, 0.1) is 0 Å². The Morgan fingerprint density at radius 1 is 1.00 bits per heavy atom. The largest absolute Gasteiger partial charge is 0.294 e. The molecule has 0 radical (unpaired) electrons. The number of alkyl halides is 1. The molecule has 4 rings (SSSR count). The zero-order chi connectivity index (χ0) is 15.5. The van der Waals surface area contributed by atoms with E-state index in [2.05, 4.69) is 0 Å². The number of Topliss-reactive ketones (excluding diaryl/α,β-unsaturated/α-hetero) is 1. The quantitative estimate of drug-likeness (QED) is 0.738. The molecule has 0 saturated heterocycles. The second kappa shape index (κ2) is 4.23. The topological polar surface area (TPSA) is 34.1 Å². The molecular weight excluding hydrogens is 279 g/mol. The summed E-state index contributed by atoms with van der Waals surface area (Å²) >= 11 is 0. The van der Waals surface area contributed by atoms with Crippen molar-refractivity contribution in [3.63, 3.8) is 0 Å². The van der Waals surface area contributed by atoms with Crippen LogP contribution in [-0.4, -0.2) is 11.6 Å². The highest BCUT2D eigenvalue weighted by molar-refractivity contribution is 6.13. The molecule has 2 aromatic carbocycles. The zero-order valence-electron chi connectivity index (χ0n) is 12.0. The smallest absolute Gasteiger partial charge is 0.197 e. The summed E-state index contributed by atoms with van der Waals surface area (Å²) in [5.41, 5.74) is 2.10. The first kappa shape index (κ1) is 13.1. The third-order valence-corrected chi connectivity index (χ3v) is 4.55. The molecular formula is C19H13FO2.